The SMILES string of the molecule is CCS(=O)(=O)N[C@@H]1CN(Cc2ccc(F)cc2)C[C@@H]2CCCO[C@@H]21. The molecule has 2 heterocycles. The minimum atomic E-state index is -3.28. The molecule has 0 unspecified atom stereocenters. The van der Waals surface area contributed by atoms with Gasteiger partial charge in [0.15, 0.2) is 0 Å². The van der Waals surface area contributed by atoms with E-state index < -0.39 is 10.0 Å². The van der Waals surface area contributed by atoms with E-state index in [2.05, 4.69) is 9.62 Å². The van der Waals surface area contributed by atoms with Crippen LogP contribution in [0.1, 0.15) is 25.3 Å². The highest BCUT2D eigenvalue weighted by atomic mass is 32.2. The molecule has 0 saturated carbocycles. The highest BCUT2D eigenvalue weighted by molar-refractivity contribution is 7.89. The van der Waals surface area contributed by atoms with E-state index in [-0.39, 0.29) is 23.7 Å². The van der Waals surface area contributed by atoms with E-state index in [0.717, 1.165) is 24.9 Å². The average molecular weight is 356 g/mol. The summed E-state index contributed by atoms with van der Waals surface area (Å²) in [6, 6.07) is 6.26. The van der Waals surface area contributed by atoms with Crippen LogP contribution in [0.25, 0.3) is 0 Å². The van der Waals surface area contributed by atoms with E-state index in [1.54, 1.807) is 19.1 Å². The second-order valence-corrected chi connectivity index (χ2v) is 8.73. The van der Waals surface area contributed by atoms with Gasteiger partial charge in [0.25, 0.3) is 0 Å². The third kappa shape index (κ3) is 4.33. The third-order valence-corrected chi connectivity index (χ3v) is 6.29. The molecule has 2 fully saturated rings. The number of ether oxygens (including phenoxy) is 1. The molecule has 3 atom stereocenters. The lowest BCUT2D eigenvalue weighted by atomic mass is 9.85. The molecule has 0 amide bonds. The molecule has 0 bridgehead atoms. The van der Waals surface area contributed by atoms with Crippen LogP contribution in [-0.4, -0.2) is 50.9 Å². The first-order valence-corrected chi connectivity index (χ1v) is 10.2. The number of rotatable bonds is 5. The van der Waals surface area contributed by atoms with Crippen molar-refractivity contribution in [3.05, 3.63) is 35.6 Å². The van der Waals surface area contributed by atoms with Crippen LogP contribution in [-0.2, 0) is 21.3 Å². The second kappa shape index (κ2) is 7.47. The summed E-state index contributed by atoms with van der Waals surface area (Å²) < 4.78 is 45.8. The van der Waals surface area contributed by atoms with Gasteiger partial charge in [-0.05, 0) is 43.4 Å². The van der Waals surface area contributed by atoms with Gasteiger partial charge in [0.2, 0.25) is 10.0 Å². The molecule has 24 heavy (non-hydrogen) atoms. The molecule has 5 nitrogen and oxygen atoms in total. The van der Waals surface area contributed by atoms with Gasteiger partial charge in [-0.1, -0.05) is 12.1 Å². The summed E-state index contributed by atoms with van der Waals surface area (Å²) in [6.07, 6.45) is 2.01. The first-order chi connectivity index (χ1) is 11.5. The fourth-order valence-electron chi connectivity index (χ4n) is 3.69. The Balaban J connectivity index is 1.73. The number of sulfonamides is 1. The third-order valence-electron chi connectivity index (χ3n) is 4.87. The average Bonchev–Trinajstić information content (AvgIpc) is 2.57. The van der Waals surface area contributed by atoms with Gasteiger partial charge in [0.1, 0.15) is 5.82 Å². The quantitative estimate of drug-likeness (QED) is 0.873. The highest BCUT2D eigenvalue weighted by Crippen LogP contribution is 2.29. The summed E-state index contributed by atoms with van der Waals surface area (Å²) in [6.45, 7) is 4.52. The van der Waals surface area contributed by atoms with Gasteiger partial charge in [-0.3, -0.25) is 4.90 Å². The Hall–Kier alpha value is -1.02. The van der Waals surface area contributed by atoms with Crippen LogP contribution in [0.15, 0.2) is 24.3 Å². The molecule has 7 heteroatoms. The smallest absolute Gasteiger partial charge is 0.211 e. The molecule has 0 aliphatic carbocycles. The predicted molar refractivity (Wildman–Crippen MR) is 90.5 cm³/mol. The molecule has 0 spiro atoms. The molecule has 2 aliphatic rings. The Kier molecular flexibility index (Phi) is 5.54. The number of halogens is 1. The number of likely N-dealkylation sites (tertiary alicyclic amines) is 1. The lowest BCUT2D eigenvalue weighted by Gasteiger charge is -2.45. The Labute approximate surface area is 143 Å². The number of nitrogens with zero attached hydrogens (tertiary/aromatic N) is 1. The summed E-state index contributed by atoms with van der Waals surface area (Å²) in [4.78, 5) is 2.24. The van der Waals surface area contributed by atoms with Gasteiger partial charge in [-0.15, -0.1) is 0 Å². The number of benzene rings is 1. The molecule has 134 valence electrons. The molecule has 2 saturated heterocycles. The molecular formula is C17H25FN2O3S. The van der Waals surface area contributed by atoms with Gasteiger partial charge < -0.3 is 4.74 Å². The van der Waals surface area contributed by atoms with Gasteiger partial charge in [0, 0.05) is 26.2 Å². The first-order valence-electron chi connectivity index (χ1n) is 8.55. The summed E-state index contributed by atoms with van der Waals surface area (Å²) in [5.41, 5.74) is 1.03. The standard InChI is InChI=1S/C17H25FN2O3S/c1-2-24(21,22)19-16-12-20(10-13-5-7-15(18)8-6-13)11-14-4-3-9-23-17(14)16/h5-8,14,16-17,19H,2-4,9-12H2,1H3/t14-,16+,17-/m0/s1. The zero-order chi connectivity index (χ0) is 17.2. The minimum Gasteiger partial charge on any atom is -0.376 e. The number of fused-ring (bicyclic) bond motifs is 1. The van der Waals surface area contributed by atoms with E-state index in [9.17, 15) is 12.8 Å². The van der Waals surface area contributed by atoms with Crippen molar-refractivity contribution < 1.29 is 17.5 Å². The normalized spacial score (nSPS) is 28.5. The van der Waals surface area contributed by atoms with Crippen molar-refractivity contribution in [3.8, 4) is 0 Å². The van der Waals surface area contributed by atoms with Crippen molar-refractivity contribution >= 4 is 10.0 Å². The Morgan fingerprint density at radius 2 is 2.04 bits per heavy atom. The van der Waals surface area contributed by atoms with Crippen LogP contribution in [0.4, 0.5) is 4.39 Å². The van der Waals surface area contributed by atoms with Crippen LogP contribution in [0, 0.1) is 11.7 Å². The number of hydrogen-bond acceptors (Lipinski definition) is 4. The summed E-state index contributed by atoms with van der Waals surface area (Å²) in [5.74, 6) is 0.156. The first kappa shape index (κ1) is 17.8. The topological polar surface area (TPSA) is 58.6 Å². The minimum absolute atomic E-state index is 0.0513. The Bertz CT molecular complexity index is 650. The van der Waals surface area contributed by atoms with Gasteiger partial charge in [-0.2, -0.15) is 0 Å². The fourth-order valence-corrected chi connectivity index (χ4v) is 4.53. The van der Waals surface area contributed by atoms with Crippen molar-refractivity contribution in [1.82, 2.24) is 9.62 Å². The molecule has 1 aromatic rings. The number of hydrogen-bond donors (Lipinski definition) is 1. The zero-order valence-electron chi connectivity index (χ0n) is 13.9. The largest absolute Gasteiger partial charge is 0.376 e. The maximum atomic E-state index is 13.1. The van der Waals surface area contributed by atoms with Crippen molar-refractivity contribution in [2.24, 2.45) is 5.92 Å². The van der Waals surface area contributed by atoms with E-state index >= 15 is 0 Å². The van der Waals surface area contributed by atoms with Crippen LogP contribution in [0.5, 0.6) is 0 Å². The predicted octanol–water partition coefficient (Wildman–Crippen LogP) is 1.74. The molecular weight excluding hydrogens is 331 g/mol. The van der Waals surface area contributed by atoms with Gasteiger partial charge >= 0.3 is 0 Å². The Morgan fingerprint density at radius 3 is 2.75 bits per heavy atom. The van der Waals surface area contributed by atoms with Crippen LogP contribution in [0.3, 0.4) is 0 Å². The Morgan fingerprint density at radius 1 is 1.29 bits per heavy atom. The number of piperidine rings is 1. The van der Waals surface area contributed by atoms with Crippen LogP contribution in [0.2, 0.25) is 0 Å². The van der Waals surface area contributed by atoms with E-state index in [0.29, 0.717) is 25.6 Å². The molecule has 0 radical (unpaired) electrons. The maximum Gasteiger partial charge on any atom is 0.211 e. The fraction of sp³-hybridized carbons (Fsp3) is 0.647. The lowest BCUT2D eigenvalue weighted by molar-refractivity contribution is -0.0823. The van der Waals surface area contributed by atoms with Gasteiger partial charge in [0.05, 0.1) is 17.9 Å². The second-order valence-electron chi connectivity index (χ2n) is 6.69. The number of nitrogens with one attached hydrogen (secondary N) is 1. The van der Waals surface area contributed by atoms with Crippen molar-refractivity contribution in [3.63, 3.8) is 0 Å². The van der Waals surface area contributed by atoms with Crippen molar-refractivity contribution in [2.45, 2.75) is 38.5 Å². The maximum absolute atomic E-state index is 13.1. The molecule has 0 aromatic heterocycles. The van der Waals surface area contributed by atoms with Crippen LogP contribution >= 0.6 is 0 Å². The molecule has 1 aromatic carbocycles. The highest BCUT2D eigenvalue weighted by Gasteiger charge is 2.40. The van der Waals surface area contributed by atoms with E-state index in [1.807, 2.05) is 0 Å². The van der Waals surface area contributed by atoms with Crippen molar-refractivity contribution in [1.29, 1.82) is 0 Å². The van der Waals surface area contributed by atoms with E-state index in [4.69, 9.17) is 4.74 Å². The van der Waals surface area contributed by atoms with E-state index in [1.165, 1.54) is 12.1 Å². The summed E-state index contributed by atoms with van der Waals surface area (Å²) in [5, 5.41) is 0. The molecule has 2 aliphatic heterocycles. The van der Waals surface area contributed by atoms with Gasteiger partial charge in [-0.25, -0.2) is 17.5 Å². The molecule has 1 N–H and O–H groups in total. The summed E-state index contributed by atoms with van der Waals surface area (Å²) in [7, 11) is -3.28. The monoisotopic (exact) mass is 356 g/mol. The van der Waals surface area contributed by atoms with Crippen molar-refractivity contribution in [2.75, 3.05) is 25.4 Å². The molecule has 3 rings (SSSR count). The zero-order valence-corrected chi connectivity index (χ0v) is 14.8. The van der Waals surface area contributed by atoms with Crippen LogP contribution < -0.4 is 4.72 Å². The lowest BCUT2D eigenvalue weighted by Crippen LogP contribution is -2.60. The summed E-state index contributed by atoms with van der Waals surface area (Å²) >= 11 is 0.